The Morgan fingerprint density at radius 2 is 2.03 bits per heavy atom. The molecule has 0 radical (unpaired) electrons. The number of halogens is 1. The van der Waals surface area contributed by atoms with E-state index in [0.717, 1.165) is 11.8 Å². The topological polar surface area (TPSA) is 109 Å². The second kappa shape index (κ2) is 9.36. The normalized spacial score (nSPS) is 11.2. The van der Waals surface area contributed by atoms with Crippen molar-refractivity contribution in [3.05, 3.63) is 77.6 Å². The number of aryl methyl sites for hydroxylation is 1. The second-order valence-electron chi connectivity index (χ2n) is 6.21. The summed E-state index contributed by atoms with van der Waals surface area (Å²) >= 11 is 0. The Morgan fingerprint density at radius 1 is 1.24 bits per heavy atom. The minimum absolute atomic E-state index is 0.251. The fourth-order valence-corrected chi connectivity index (χ4v) is 2.58. The van der Waals surface area contributed by atoms with Crippen LogP contribution < -0.4 is 10.6 Å². The first-order valence-electron chi connectivity index (χ1n) is 8.90. The molecule has 3 N–H and O–H groups in total. The number of nitrogens with one attached hydrogen (secondary N) is 3. The second-order valence-corrected chi connectivity index (χ2v) is 6.21. The van der Waals surface area contributed by atoms with Crippen molar-refractivity contribution in [1.82, 2.24) is 25.3 Å². The highest BCUT2D eigenvalue weighted by atomic mass is 19.1. The van der Waals surface area contributed by atoms with Gasteiger partial charge in [-0.3, -0.25) is 4.79 Å². The molecule has 3 rings (SSSR count). The van der Waals surface area contributed by atoms with Gasteiger partial charge in [-0.1, -0.05) is 11.6 Å². The first kappa shape index (κ1) is 19.9. The van der Waals surface area contributed by atoms with E-state index in [0.29, 0.717) is 35.6 Å². The van der Waals surface area contributed by atoms with Crippen molar-refractivity contribution in [2.75, 3.05) is 11.9 Å². The summed E-state index contributed by atoms with van der Waals surface area (Å²) < 4.78 is 12.9. The molecule has 0 aliphatic rings. The van der Waals surface area contributed by atoms with Crippen LogP contribution in [0.15, 0.2) is 60.7 Å². The molecule has 1 aromatic carbocycles. The van der Waals surface area contributed by atoms with Crippen LogP contribution in [-0.2, 0) is 0 Å². The van der Waals surface area contributed by atoms with Crippen molar-refractivity contribution in [2.24, 2.45) is 0 Å². The van der Waals surface area contributed by atoms with E-state index in [-0.39, 0.29) is 5.91 Å². The van der Waals surface area contributed by atoms with Crippen LogP contribution in [0.3, 0.4) is 0 Å². The maximum Gasteiger partial charge on any atom is 0.253 e. The van der Waals surface area contributed by atoms with E-state index < -0.39 is 5.82 Å². The Hall–Kier alpha value is -3.88. The molecule has 0 saturated carbocycles. The minimum Gasteiger partial charge on any atom is -0.352 e. The molecule has 3 aromatic rings. The molecule has 2 aromatic heterocycles. The van der Waals surface area contributed by atoms with E-state index in [1.54, 1.807) is 30.7 Å². The van der Waals surface area contributed by atoms with Gasteiger partial charge in [-0.25, -0.2) is 9.37 Å². The van der Waals surface area contributed by atoms with E-state index in [1.807, 2.05) is 13.0 Å². The molecule has 0 bridgehead atoms. The van der Waals surface area contributed by atoms with Crippen LogP contribution in [-0.4, -0.2) is 38.6 Å². The highest BCUT2D eigenvalue weighted by molar-refractivity contribution is 5.98. The summed E-state index contributed by atoms with van der Waals surface area (Å²) in [6, 6.07) is 8.26. The summed E-state index contributed by atoms with van der Waals surface area (Å²) in [4.78, 5) is 18.0. The van der Waals surface area contributed by atoms with Crippen LogP contribution in [0, 0.1) is 18.2 Å². The zero-order chi connectivity index (χ0) is 20.6. The Bertz CT molecular complexity index is 1010. The molecule has 0 fully saturated rings. The van der Waals surface area contributed by atoms with Gasteiger partial charge in [0.2, 0.25) is 0 Å². The molecule has 29 heavy (non-hydrogen) atoms. The lowest BCUT2D eigenvalue weighted by atomic mass is 10.1. The number of carbonyl (C=O) groups excluding carboxylic acids is 1. The number of amides is 1. The predicted octanol–water partition coefficient (Wildman–Crippen LogP) is 2.88. The molecular weight excluding hydrogens is 373 g/mol. The van der Waals surface area contributed by atoms with Gasteiger partial charge in [0.15, 0.2) is 0 Å². The fraction of sp³-hybridized carbons (Fsp3) is 0.150. The Morgan fingerprint density at radius 3 is 2.72 bits per heavy atom. The lowest BCUT2D eigenvalue weighted by Crippen LogP contribution is -2.26. The number of anilines is 1. The molecular formula is C20H20FN7O. The van der Waals surface area contributed by atoms with E-state index in [9.17, 15) is 9.18 Å². The number of nitrogens with zero attached hydrogens (tertiary/aromatic N) is 4. The summed E-state index contributed by atoms with van der Waals surface area (Å²) in [6.45, 7) is 2.24. The molecule has 0 aliphatic carbocycles. The van der Waals surface area contributed by atoms with Gasteiger partial charge in [0.25, 0.3) is 5.91 Å². The van der Waals surface area contributed by atoms with Crippen LogP contribution in [0.2, 0.25) is 0 Å². The van der Waals surface area contributed by atoms with Crippen molar-refractivity contribution >= 4 is 17.9 Å². The largest absolute Gasteiger partial charge is 0.352 e. The number of hydrogen-bond donors (Lipinski definition) is 3. The molecule has 148 valence electrons. The average Bonchev–Trinajstić information content (AvgIpc) is 3.26. The van der Waals surface area contributed by atoms with Gasteiger partial charge in [0.05, 0.1) is 29.8 Å². The van der Waals surface area contributed by atoms with Crippen LogP contribution in [0.25, 0.3) is 5.69 Å². The zero-order valence-electron chi connectivity index (χ0n) is 15.8. The highest BCUT2D eigenvalue weighted by Gasteiger charge is 2.14. The monoisotopic (exact) mass is 393 g/mol. The molecule has 0 spiro atoms. The Labute approximate surface area is 167 Å². The molecule has 1 amide bonds. The van der Waals surface area contributed by atoms with Crippen LogP contribution >= 0.6 is 0 Å². The summed E-state index contributed by atoms with van der Waals surface area (Å²) in [5, 5.41) is 21.5. The smallest absolute Gasteiger partial charge is 0.253 e. The van der Waals surface area contributed by atoms with E-state index >= 15 is 0 Å². The first-order chi connectivity index (χ1) is 14.1. The van der Waals surface area contributed by atoms with Gasteiger partial charge in [-0.15, -0.1) is 0 Å². The number of hydrogen-bond acceptors (Lipinski definition) is 6. The first-order valence-corrected chi connectivity index (χ1v) is 8.90. The highest BCUT2D eigenvalue weighted by Crippen LogP contribution is 2.15. The van der Waals surface area contributed by atoms with Crippen molar-refractivity contribution in [1.29, 1.82) is 5.41 Å². The van der Waals surface area contributed by atoms with Gasteiger partial charge in [-0.2, -0.15) is 15.0 Å². The standard InChI is InChI=1S/C20H20FN7O/c1-14-2-4-18(28-26-8-9-27-28)17(10-14)20(29)23-7-6-15(11-22)12-24-19-5-3-16(21)13-25-19/h2-5,8-13,22H,6-7H2,1H3,(H,23,29)(H,24,25)/b15-12-,22-11?. The minimum atomic E-state index is -0.421. The summed E-state index contributed by atoms with van der Waals surface area (Å²) in [6.07, 6.45) is 7.43. The number of pyridine rings is 1. The summed E-state index contributed by atoms with van der Waals surface area (Å²) in [5.74, 6) is -0.209. The molecule has 0 unspecified atom stereocenters. The maximum atomic E-state index is 12.9. The number of benzene rings is 1. The fourth-order valence-electron chi connectivity index (χ4n) is 2.58. The van der Waals surface area contributed by atoms with Gasteiger partial charge < -0.3 is 16.0 Å². The van der Waals surface area contributed by atoms with Crippen molar-refractivity contribution in [3.8, 4) is 5.69 Å². The zero-order valence-corrected chi connectivity index (χ0v) is 15.8. The third-order valence-corrected chi connectivity index (χ3v) is 4.05. The molecule has 0 saturated heterocycles. The molecule has 8 nitrogen and oxygen atoms in total. The lowest BCUT2D eigenvalue weighted by molar-refractivity contribution is 0.0954. The maximum absolute atomic E-state index is 12.9. The average molecular weight is 393 g/mol. The van der Waals surface area contributed by atoms with Crippen LogP contribution in [0.5, 0.6) is 0 Å². The van der Waals surface area contributed by atoms with Gasteiger partial charge >= 0.3 is 0 Å². The number of rotatable bonds is 8. The van der Waals surface area contributed by atoms with Crippen molar-refractivity contribution in [3.63, 3.8) is 0 Å². The van der Waals surface area contributed by atoms with Gasteiger partial charge in [0.1, 0.15) is 11.6 Å². The summed E-state index contributed by atoms with van der Waals surface area (Å²) in [7, 11) is 0. The lowest BCUT2D eigenvalue weighted by Gasteiger charge is -2.11. The van der Waals surface area contributed by atoms with Crippen LogP contribution in [0.1, 0.15) is 22.3 Å². The molecule has 0 atom stereocenters. The number of carbonyl (C=O) groups is 1. The Kier molecular flexibility index (Phi) is 6.41. The molecule has 9 heteroatoms. The molecule has 0 aliphatic heterocycles. The van der Waals surface area contributed by atoms with Gasteiger partial charge in [0, 0.05) is 19.0 Å². The quantitative estimate of drug-likeness (QED) is 0.510. The Balaban J connectivity index is 1.61. The van der Waals surface area contributed by atoms with E-state index in [4.69, 9.17) is 5.41 Å². The predicted molar refractivity (Wildman–Crippen MR) is 108 cm³/mol. The van der Waals surface area contributed by atoms with Crippen molar-refractivity contribution < 1.29 is 9.18 Å². The third kappa shape index (κ3) is 5.32. The third-order valence-electron chi connectivity index (χ3n) is 4.05. The summed E-state index contributed by atoms with van der Waals surface area (Å²) in [5.41, 5.74) is 2.65. The van der Waals surface area contributed by atoms with Gasteiger partial charge in [-0.05, 0) is 43.2 Å². The SMILES string of the molecule is Cc1ccc(-n2nccn2)c(C(=O)NCC/C(C=N)=C/Nc2ccc(F)cn2)c1. The van der Waals surface area contributed by atoms with E-state index in [2.05, 4.69) is 25.8 Å². The van der Waals surface area contributed by atoms with Crippen molar-refractivity contribution in [2.45, 2.75) is 13.3 Å². The van der Waals surface area contributed by atoms with Crippen LogP contribution in [0.4, 0.5) is 10.2 Å². The molecule has 2 heterocycles. The number of aromatic nitrogens is 4. The van der Waals surface area contributed by atoms with E-state index in [1.165, 1.54) is 23.1 Å².